The number of aryl methyl sites for hydroxylation is 1. The van der Waals surface area contributed by atoms with Gasteiger partial charge >= 0.3 is 0 Å². The molecule has 36 heavy (non-hydrogen) atoms. The highest BCUT2D eigenvalue weighted by Crippen LogP contribution is 2.37. The molecule has 7 nitrogen and oxygen atoms in total. The van der Waals surface area contributed by atoms with Crippen molar-refractivity contribution in [2.45, 2.75) is 30.8 Å². The number of methoxy groups -OCH3 is 1. The van der Waals surface area contributed by atoms with E-state index in [1.165, 1.54) is 11.8 Å². The molecule has 1 aliphatic rings. The predicted octanol–water partition coefficient (Wildman–Crippen LogP) is 5.82. The Bertz CT molecular complexity index is 1410. The number of nitrogens with zero attached hydrogens (tertiary/aromatic N) is 3. The Kier molecular flexibility index (Phi) is 6.77. The smallest absolute Gasteiger partial charge is 0.255 e. The summed E-state index contributed by atoms with van der Waals surface area (Å²) in [4.78, 5) is 18.3. The van der Waals surface area contributed by atoms with E-state index < -0.39 is 6.04 Å². The van der Waals surface area contributed by atoms with Gasteiger partial charge in [-0.2, -0.15) is 4.98 Å². The molecule has 1 amide bonds. The monoisotopic (exact) mass is 497 g/mol. The normalized spacial score (nSPS) is 14.7. The minimum atomic E-state index is -0.416. The van der Waals surface area contributed by atoms with E-state index in [-0.39, 0.29) is 5.91 Å². The molecule has 1 aromatic heterocycles. The van der Waals surface area contributed by atoms with E-state index in [1.54, 1.807) is 11.8 Å². The van der Waals surface area contributed by atoms with Crippen molar-refractivity contribution in [2.24, 2.45) is 0 Å². The number of allylic oxidation sites excluding steroid dienone is 1. The highest BCUT2D eigenvalue weighted by Gasteiger charge is 2.34. The summed E-state index contributed by atoms with van der Waals surface area (Å²) in [5.74, 6) is 1.93. The van der Waals surface area contributed by atoms with E-state index in [0.717, 1.165) is 33.8 Å². The maximum Gasteiger partial charge on any atom is 0.255 e. The second-order valence-electron chi connectivity index (χ2n) is 8.56. The van der Waals surface area contributed by atoms with Gasteiger partial charge in [0.15, 0.2) is 0 Å². The molecular weight excluding hydrogens is 470 g/mol. The number of nitrogens with one attached hydrogen (secondary N) is 2. The third-order valence-corrected chi connectivity index (χ3v) is 6.94. The molecule has 5 rings (SSSR count). The number of fused-ring (bicyclic) bond motifs is 1. The second-order valence-corrected chi connectivity index (χ2v) is 9.50. The van der Waals surface area contributed by atoms with Gasteiger partial charge in [-0.1, -0.05) is 78.0 Å². The van der Waals surface area contributed by atoms with E-state index in [2.05, 4.69) is 10.6 Å². The summed E-state index contributed by atoms with van der Waals surface area (Å²) in [6, 6.07) is 25.2. The summed E-state index contributed by atoms with van der Waals surface area (Å²) in [5, 5.41) is 11.8. The highest BCUT2D eigenvalue weighted by molar-refractivity contribution is 7.98. The van der Waals surface area contributed by atoms with E-state index >= 15 is 0 Å². The third-order valence-electron chi connectivity index (χ3n) is 6.05. The number of aromatic nitrogens is 3. The second kappa shape index (κ2) is 10.3. The lowest BCUT2D eigenvalue weighted by molar-refractivity contribution is -0.113. The molecule has 8 heteroatoms. The van der Waals surface area contributed by atoms with Crippen molar-refractivity contribution < 1.29 is 9.53 Å². The van der Waals surface area contributed by atoms with Gasteiger partial charge in [0.2, 0.25) is 11.1 Å². The van der Waals surface area contributed by atoms with Gasteiger partial charge in [0, 0.05) is 22.7 Å². The third kappa shape index (κ3) is 4.85. The van der Waals surface area contributed by atoms with Crippen LogP contribution >= 0.6 is 11.8 Å². The Labute approximate surface area is 214 Å². The van der Waals surface area contributed by atoms with Crippen LogP contribution in [-0.4, -0.2) is 27.8 Å². The number of carbonyl (C=O) groups is 1. The van der Waals surface area contributed by atoms with Gasteiger partial charge in [0.05, 0.1) is 12.7 Å². The SMILES string of the molecule is COc1ccccc1CSc1nc2n(n1)[C@H](c1ccccc1)C(C(=O)Nc1ccc(C)cc1)=C(C)N2. The molecule has 1 aliphatic heterocycles. The molecule has 0 spiro atoms. The molecule has 0 bridgehead atoms. The van der Waals surface area contributed by atoms with Gasteiger partial charge in [-0.15, -0.1) is 5.10 Å². The molecular formula is C28H27N5O2S. The van der Waals surface area contributed by atoms with Crippen LogP contribution in [0, 0.1) is 6.92 Å². The van der Waals surface area contributed by atoms with Crippen LogP contribution in [0.5, 0.6) is 5.75 Å². The molecule has 182 valence electrons. The van der Waals surface area contributed by atoms with E-state index in [9.17, 15) is 4.79 Å². The van der Waals surface area contributed by atoms with Crippen LogP contribution in [0.25, 0.3) is 0 Å². The fourth-order valence-electron chi connectivity index (χ4n) is 4.23. The molecule has 0 saturated carbocycles. The quantitative estimate of drug-likeness (QED) is 0.314. The number of rotatable bonds is 7. The summed E-state index contributed by atoms with van der Waals surface area (Å²) in [6.45, 7) is 3.92. The number of hydrogen-bond acceptors (Lipinski definition) is 6. The van der Waals surface area contributed by atoms with Crippen molar-refractivity contribution in [1.82, 2.24) is 14.8 Å². The van der Waals surface area contributed by atoms with Crippen molar-refractivity contribution in [3.63, 3.8) is 0 Å². The fourth-order valence-corrected chi connectivity index (χ4v) is 5.05. The molecule has 0 radical (unpaired) electrons. The van der Waals surface area contributed by atoms with Gasteiger partial charge in [-0.05, 0) is 37.6 Å². The number of para-hydroxylation sites is 1. The minimum Gasteiger partial charge on any atom is -0.496 e. The molecule has 0 unspecified atom stereocenters. The van der Waals surface area contributed by atoms with Crippen LogP contribution in [0.4, 0.5) is 11.6 Å². The van der Waals surface area contributed by atoms with Crippen LogP contribution in [0.15, 0.2) is 95.3 Å². The van der Waals surface area contributed by atoms with Crippen molar-refractivity contribution >= 4 is 29.3 Å². The zero-order chi connectivity index (χ0) is 25.1. The Hall–Kier alpha value is -4.04. The molecule has 2 heterocycles. The van der Waals surface area contributed by atoms with Crippen molar-refractivity contribution in [2.75, 3.05) is 17.7 Å². The number of benzene rings is 3. The van der Waals surface area contributed by atoms with Gasteiger partial charge in [0.1, 0.15) is 11.8 Å². The van der Waals surface area contributed by atoms with Gasteiger partial charge in [0.25, 0.3) is 5.91 Å². The molecule has 0 fully saturated rings. The summed E-state index contributed by atoms with van der Waals surface area (Å²) in [7, 11) is 1.67. The first kappa shape index (κ1) is 23.7. The lowest BCUT2D eigenvalue weighted by Gasteiger charge is -2.28. The van der Waals surface area contributed by atoms with Crippen LogP contribution in [0.2, 0.25) is 0 Å². The van der Waals surface area contributed by atoms with Crippen molar-refractivity contribution in [1.29, 1.82) is 0 Å². The summed E-state index contributed by atoms with van der Waals surface area (Å²) in [5.41, 5.74) is 5.25. The van der Waals surface area contributed by atoms with Gasteiger partial charge in [-0.25, -0.2) is 4.68 Å². The largest absolute Gasteiger partial charge is 0.496 e. The average molecular weight is 498 g/mol. The van der Waals surface area contributed by atoms with Gasteiger partial charge in [-0.3, -0.25) is 4.79 Å². The molecule has 4 aromatic rings. The maximum absolute atomic E-state index is 13.6. The predicted molar refractivity (Wildman–Crippen MR) is 143 cm³/mol. The van der Waals surface area contributed by atoms with E-state index in [0.29, 0.717) is 22.4 Å². The molecule has 1 atom stereocenters. The first-order valence-electron chi connectivity index (χ1n) is 11.7. The number of thioether (sulfide) groups is 1. The van der Waals surface area contributed by atoms with Crippen molar-refractivity contribution in [3.8, 4) is 5.75 Å². The highest BCUT2D eigenvalue weighted by atomic mass is 32.2. The summed E-state index contributed by atoms with van der Waals surface area (Å²) in [6.07, 6.45) is 0. The standard InChI is InChI=1S/C28H27N5O2S/c1-18-13-15-22(16-14-18)30-26(34)24-19(2)29-27-31-28(36-17-21-11-7-8-12-23(21)35-3)32-33(27)25(24)20-9-5-4-6-10-20/h4-16,25H,17H2,1-3H3,(H,30,34)(H,29,31,32)/t25-/m1/s1. The molecule has 3 aromatic carbocycles. The molecule has 0 saturated heterocycles. The molecule has 2 N–H and O–H groups in total. The van der Waals surface area contributed by atoms with Gasteiger partial charge < -0.3 is 15.4 Å². The zero-order valence-electron chi connectivity index (χ0n) is 20.4. The Morgan fingerprint density at radius 1 is 1.03 bits per heavy atom. The van der Waals surface area contributed by atoms with Crippen LogP contribution in [-0.2, 0) is 10.5 Å². The Morgan fingerprint density at radius 2 is 1.75 bits per heavy atom. The number of hydrogen-bond donors (Lipinski definition) is 2. The van der Waals surface area contributed by atoms with Crippen LogP contribution in [0.3, 0.4) is 0 Å². The molecule has 0 aliphatic carbocycles. The fraction of sp³-hybridized carbons (Fsp3) is 0.179. The average Bonchev–Trinajstić information content (AvgIpc) is 3.30. The van der Waals surface area contributed by atoms with Crippen LogP contribution < -0.4 is 15.4 Å². The van der Waals surface area contributed by atoms with E-state index in [1.807, 2.05) is 92.7 Å². The first-order chi connectivity index (χ1) is 17.5. The topological polar surface area (TPSA) is 81.1 Å². The maximum atomic E-state index is 13.6. The van der Waals surface area contributed by atoms with E-state index in [4.69, 9.17) is 14.8 Å². The lowest BCUT2D eigenvalue weighted by Crippen LogP contribution is -2.31. The lowest BCUT2D eigenvalue weighted by atomic mass is 9.95. The Morgan fingerprint density at radius 3 is 2.50 bits per heavy atom. The number of anilines is 2. The Balaban J connectivity index is 1.46. The number of carbonyl (C=O) groups excluding carboxylic acids is 1. The minimum absolute atomic E-state index is 0.179. The summed E-state index contributed by atoms with van der Waals surface area (Å²) >= 11 is 1.53. The van der Waals surface area contributed by atoms with Crippen LogP contribution in [0.1, 0.15) is 29.7 Å². The summed E-state index contributed by atoms with van der Waals surface area (Å²) < 4.78 is 7.28. The van der Waals surface area contributed by atoms with Crippen molar-refractivity contribution in [3.05, 3.63) is 107 Å². The first-order valence-corrected chi connectivity index (χ1v) is 12.6. The number of ether oxygens (including phenoxy) is 1. The number of amides is 1. The zero-order valence-corrected chi connectivity index (χ0v) is 21.2.